The number of benzene rings is 8. The minimum atomic E-state index is -0.344. The first-order valence-electron chi connectivity index (χ1n) is 18.9. The second-order valence-corrected chi connectivity index (χ2v) is 13.9. The predicted octanol–water partition coefficient (Wildman–Crippen LogP) is 12.9. The Hall–Kier alpha value is -7.50. The molecule has 1 N–H and O–H groups in total. The molecule has 1 aliphatic heterocycles. The topological polar surface area (TPSA) is 53.1 Å². The van der Waals surface area contributed by atoms with Gasteiger partial charge >= 0.3 is 0 Å². The lowest BCUT2D eigenvalue weighted by molar-refractivity contribution is 0.668. The summed E-state index contributed by atoms with van der Waals surface area (Å²) in [5.41, 5.74) is 12.1. The number of fused-ring (bicyclic) bond motifs is 3. The minimum Gasteiger partial charge on any atom is -0.456 e. The van der Waals surface area contributed by atoms with E-state index in [0.29, 0.717) is 5.84 Å². The smallest absolute Gasteiger partial charge is 0.160 e. The van der Waals surface area contributed by atoms with E-state index < -0.39 is 0 Å². The fourth-order valence-corrected chi connectivity index (χ4v) is 7.58. The second kappa shape index (κ2) is 14.4. The van der Waals surface area contributed by atoms with E-state index in [1.807, 2.05) is 60.7 Å². The number of amidine groups is 2. The molecule has 5 heteroatoms. The number of hydrogen-bond acceptors (Lipinski definition) is 5. The summed E-state index contributed by atoms with van der Waals surface area (Å²) >= 11 is 0. The van der Waals surface area contributed by atoms with Gasteiger partial charge in [-0.05, 0) is 64.2 Å². The summed E-state index contributed by atoms with van der Waals surface area (Å²) in [7, 11) is 0. The van der Waals surface area contributed by atoms with Crippen molar-refractivity contribution >= 4 is 50.7 Å². The van der Waals surface area contributed by atoms with E-state index in [4.69, 9.17) is 14.4 Å². The van der Waals surface area contributed by atoms with Gasteiger partial charge in [0.15, 0.2) is 5.84 Å². The molecule has 2 heterocycles. The van der Waals surface area contributed by atoms with Crippen LogP contribution in [0.25, 0.3) is 44.2 Å². The van der Waals surface area contributed by atoms with Crippen LogP contribution in [-0.4, -0.2) is 11.7 Å². The lowest BCUT2D eigenvalue weighted by atomic mass is 10.0. The number of hydrogen-bond donors (Lipinski definition) is 1. The van der Waals surface area contributed by atoms with E-state index in [1.165, 1.54) is 11.1 Å². The van der Waals surface area contributed by atoms with Crippen molar-refractivity contribution < 1.29 is 4.42 Å². The Morgan fingerprint density at radius 2 is 0.946 bits per heavy atom. The molecule has 0 saturated carbocycles. The third-order valence-electron chi connectivity index (χ3n) is 10.3. The number of nitrogens with one attached hydrogen (secondary N) is 1. The molecule has 8 aromatic carbocycles. The standard InChI is InChI=1S/C51H36N4O/c1-5-15-35(16-6-1)37-25-29-41(30-26-37)55(42-31-27-38(28-32-42)36-17-7-2-8-18-36)43-33-45(48-44-23-13-14-24-46(44)56-47(48)34-43)51-53-49(39-19-9-3-10-20-39)52-50(54-51)40-21-11-4-12-22-40/h1-34,49H,(H,52,53,54). The van der Waals surface area contributed by atoms with Gasteiger partial charge in [0.25, 0.3) is 0 Å². The molecule has 5 nitrogen and oxygen atoms in total. The molecular weight excluding hydrogens is 685 g/mol. The van der Waals surface area contributed by atoms with E-state index in [9.17, 15) is 0 Å². The van der Waals surface area contributed by atoms with Gasteiger partial charge < -0.3 is 14.6 Å². The van der Waals surface area contributed by atoms with Crippen LogP contribution in [0.4, 0.5) is 17.1 Å². The molecule has 0 radical (unpaired) electrons. The molecule has 56 heavy (non-hydrogen) atoms. The van der Waals surface area contributed by atoms with Gasteiger partial charge in [0.05, 0.1) is 5.69 Å². The average Bonchev–Trinajstić information content (AvgIpc) is 3.66. The van der Waals surface area contributed by atoms with Crippen LogP contribution in [0, 0.1) is 0 Å². The number of anilines is 3. The van der Waals surface area contributed by atoms with Crippen LogP contribution in [0.2, 0.25) is 0 Å². The van der Waals surface area contributed by atoms with Crippen LogP contribution in [0.3, 0.4) is 0 Å². The Bertz CT molecular complexity index is 2770. The number of aliphatic imine (C=N–C) groups is 2. The molecule has 1 aliphatic rings. The third kappa shape index (κ3) is 6.31. The average molecular weight is 721 g/mol. The van der Waals surface area contributed by atoms with Crippen LogP contribution < -0.4 is 10.2 Å². The van der Waals surface area contributed by atoms with E-state index in [-0.39, 0.29) is 6.17 Å². The van der Waals surface area contributed by atoms with Gasteiger partial charge in [0.1, 0.15) is 23.2 Å². The summed E-state index contributed by atoms with van der Waals surface area (Å²) < 4.78 is 6.68. The highest BCUT2D eigenvalue weighted by Crippen LogP contribution is 2.42. The van der Waals surface area contributed by atoms with Crippen molar-refractivity contribution in [2.45, 2.75) is 6.17 Å². The predicted molar refractivity (Wildman–Crippen MR) is 231 cm³/mol. The van der Waals surface area contributed by atoms with Gasteiger partial charge in [0.2, 0.25) is 0 Å². The van der Waals surface area contributed by atoms with Crippen molar-refractivity contribution in [3.63, 3.8) is 0 Å². The molecule has 1 unspecified atom stereocenters. The number of nitrogens with zero attached hydrogens (tertiary/aromatic N) is 3. The Kier molecular flexibility index (Phi) is 8.50. The molecule has 1 aromatic heterocycles. The van der Waals surface area contributed by atoms with Crippen LogP contribution in [0.1, 0.15) is 22.9 Å². The molecule has 10 rings (SSSR count). The molecule has 0 saturated heterocycles. The van der Waals surface area contributed by atoms with E-state index >= 15 is 0 Å². The molecule has 1 atom stereocenters. The van der Waals surface area contributed by atoms with Gasteiger partial charge in [-0.25, -0.2) is 9.98 Å². The van der Waals surface area contributed by atoms with Crippen molar-refractivity contribution in [1.82, 2.24) is 5.32 Å². The van der Waals surface area contributed by atoms with Crippen molar-refractivity contribution in [3.05, 3.63) is 223 Å². The molecule has 0 amide bonds. The quantitative estimate of drug-likeness (QED) is 0.170. The van der Waals surface area contributed by atoms with Crippen LogP contribution in [0.15, 0.2) is 221 Å². The third-order valence-corrected chi connectivity index (χ3v) is 10.3. The Morgan fingerprint density at radius 1 is 0.446 bits per heavy atom. The summed E-state index contributed by atoms with van der Waals surface area (Å²) in [5.74, 6) is 1.40. The summed E-state index contributed by atoms with van der Waals surface area (Å²) in [6.07, 6.45) is -0.344. The van der Waals surface area contributed by atoms with Crippen molar-refractivity contribution in [3.8, 4) is 22.3 Å². The van der Waals surface area contributed by atoms with E-state index in [0.717, 1.165) is 72.7 Å². The highest BCUT2D eigenvalue weighted by Gasteiger charge is 2.26. The maximum Gasteiger partial charge on any atom is 0.160 e. The molecule has 266 valence electrons. The summed E-state index contributed by atoms with van der Waals surface area (Å²) in [6.45, 7) is 0. The van der Waals surface area contributed by atoms with Gasteiger partial charge in [0, 0.05) is 39.3 Å². The Labute approximate surface area is 325 Å². The maximum absolute atomic E-state index is 6.68. The number of para-hydroxylation sites is 1. The lowest BCUT2D eigenvalue weighted by Crippen LogP contribution is -2.33. The zero-order chi connectivity index (χ0) is 37.3. The Morgan fingerprint density at radius 3 is 1.54 bits per heavy atom. The number of furan rings is 1. The van der Waals surface area contributed by atoms with Gasteiger partial charge in [-0.3, -0.25) is 0 Å². The largest absolute Gasteiger partial charge is 0.456 e. The SMILES string of the molecule is c1ccc(C2=NC(c3cc(N(c4ccc(-c5ccccc5)cc4)c4ccc(-c5ccccc5)cc4)cc4oc5ccccc5c34)=NC(c3ccccc3)N2)cc1. The minimum absolute atomic E-state index is 0.344. The molecular formula is C51H36N4O. The van der Waals surface area contributed by atoms with E-state index in [2.05, 4.69) is 156 Å². The first kappa shape index (κ1) is 33.1. The van der Waals surface area contributed by atoms with Crippen molar-refractivity contribution in [2.24, 2.45) is 9.98 Å². The van der Waals surface area contributed by atoms with Gasteiger partial charge in [-0.15, -0.1) is 0 Å². The molecule has 0 fully saturated rings. The first-order valence-corrected chi connectivity index (χ1v) is 18.9. The van der Waals surface area contributed by atoms with E-state index in [1.54, 1.807) is 0 Å². The highest BCUT2D eigenvalue weighted by atomic mass is 16.3. The van der Waals surface area contributed by atoms with Crippen LogP contribution in [0.5, 0.6) is 0 Å². The first-order chi connectivity index (χ1) is 27.7. The zero-order valence-electron chi connectivity index (χ0n) is 30.5. The fourth-order valence-electron chi connectivity index (χ4n) is 7.58. The highest BCUT2D eigenvalue weighted by molar-refractivity contribution is 6.22. The molecule has 0 bridgehead atoms. The molecule has 9 aromatic rings. The fraction of sp³-hybridized carbons (Fsp3) is 0.0196. The summed E-state index contributed by atoms with van der Waals surface area (Å²) in [4.78, 5) is 12.9. The summed E-state index contributed by atoms with van der Waals surface area (Å²) in [5, 5.41) is 5.62. The van der Waals surface area contributed by atoms with Crippen LogP contribution in [-0.2, 0) is 0 Å². The molecule has 0 spiro atoms. The van der Waals surface area contributed by atoms with Gasteiger partial charge in [-0.1, -0.05) is 164 Å². The second-order valence-electron chi connectivity index (χ2n) is 13.9. The van der Waals surface area contributed by atoms with Crippen molar-refractivity contribution in [2.75, 3.05) is 4.90 Å². The maximum atomic E-state index is 6.68. The molecule has 0 aliphatic carbocycles. The lowest BCUT2D eigenvalue weighted by Gasteiger charge is -2.27. The van der Waals surface area contributed by atoms with Crippen molar-refractivity contribution in [1.29, 1.82) is 0 Å². The normalized spacial score (nSPS) is 13.9. The van der Waals surface area contributed by atoms with Crippen LogP contribution >= 0.6 is 0 Å². The summed E-state index contributed by atoms with van der Waals surface area (Å²) in [6, 6.07) is 71.6. The zero-order valence-corrected chi connectivity index (χ0v) is 30.5. The monoisotopic (exact) mass is 720 g/mol. The Balaban J connectivity index is 1.19. The van der Waals surface area contributed by atoms with Gasteiger partial charge in [-0.2, -0.15) is 0 Å². The number of rotatable bonds is 8.